The summed E-state index contributed by atoms with van der Waals surface area (Å²) in [6.45, 7) is 7.89. The number of aryl methyl sites for hydroxylation is 2. The van der Waals surface area contributed by atoms with Gasteiger partial charge in [0.2, 0.25) is 0 Å². The van der Waals surface area contributed by atoms with Crippen molar-refractivity contribution in [3.63, 3.8) is 0 Å². The number of rotatable bonds is 6. The molecule has 124 valence electrons. The van der Waals surface area contributed by atoms with Crippen molar-refractivity contribution in [2.24, 2.45) is 4.99 Å². The number of aliphatic imine (C=N–C) groups is 1. The molecule has 0 amide bonds. The third kappa shape index (κ3) is 4.77. The van der Waals surface area contributed by atoms with Crippen molar-refractivity contribution >= 4 is 5.96 Å². The minimum absolute atomic E-state index is 0.652. The molecular weight excluding hydrogens is 290 g/mol. The molecule has 2 aromatic rings. The standard InChI is InChI=1S/C18H25N3O2/c1-5-22-17-9-7-6-8-15(17)11-20-18(19-4)21-12-16-10-13(2)23-14(16)3/h6-10H,5,11-12H2,1-4H3,(H2,19,20,21). The van der Waals surface area contributed by atoms with Crippen LogP contribution >= 0.6 is 0 Å². The SMILES string of the molecule is CCOc1ccccc1CNC(=NC)NCc1cc(C)oc1C. The molecule has 0 atom stereocenters. The van der Waals surface area contributed by atoms with Gasteiger partial charge in [0.25, 0.3) is 0 Å². The lowest BCUT2D eigenvalue weighted by atomic mass is 10.2. The van der Waals surface area contributed by atoms with Crippen molar-refractivity contribution in [2.45, 2.75) is 33.9 Å². The van der Waals surface area contributed by atoms with Crippen molar-refractivity contribution in [3.8, 4) is 5.75 Å². The van der Waals surface area contributed by atoms with Gasteiger partial charge in [0.05, 0.1) is 6.61 Å². The summed E-state index contributed by atoms with van der Waals surface area (Å²) in [5.41, 5.74) is 2.24. The van der Waals surface area contributed by atoms with E-state index in [2.05, 4.69) is 21.7 Å². The van der Waals surface area contributed by atoms with Crippen LogP contribution in [0.25, 0.3) is 0 Å². The van der Waals surface area contributed by atoms with Gasteiger partial charge >= 0.3 is 0 Å². The Bertz CT molecular complexity index is 662. The summed E-state index contributed by atoms with van der Waals surface area (Å²) in [7, 11) is 1.76. The number of guanidine groups is 1. The molecule has 1 aromatic carbocycles. The largest absolute Gasteiger partial charge is 0.494 e. The number of nitrogens with one attached hydrogen (secondary N) is 2. The lowest BCUT2D eigenvalue weighted by Crippen LogP contribution is -2.36. The van der Waals surface area contributed by atoms with E-state index in [-0.39, 0.29) is 0 Å². The molecule has 0 aliphatic heterocycles. The summed E-state index contributed by atoms with van der Waals surface area (Å²) >= 11 is 0. The zero-order valence-corrected chi connectivity index (χ0v) is 14.3. The molecule has 23 heavy (non-hydrogen) atoms. The fraction of sp³-hybridized carbons (Fsp3) is 0.389. The van der Waals surface area contributed by atoms with Crippen LogP contribution in [0.1, 0.15) is 29.6 Å². The quantitative estimate of drug-likeness (QED) is 0.635. The maximum Gasteiger partial charge on any atom is 0.191 e. The number of hydrogen-bond donors (Lipinski definition) is 2. The number of nitrogens with zero attached hydrogens (tertiary/aromatic N) is 1. The Morgan fingerprint density at radius 1 is 1.13 bits per heavy atom. The Morgan fingerprint density at radius 2 is 1.83 bits per heavy atom. The lowest BCUT2D eigenvalue weighted by Gasteiger charge is -2.14. The smallest absolute Gasteiger partial charge is 0.191 e. The van der Waals surface area contributed by atoms with Crippen LogP contribution in [-0.2, 0) is 13.1 Å². The highest BCUT2D eigenvalue weighted by Gasteiger charge is 2.07. The molecule has 2 N–H and O–H groups in total. The van der Waals surface area contributed by atoms with E-state index >= 15 is 0 Å². The van der Waals surface area contributed by atoms with Crippen LogP contribution in [0.15, 0.2) is 39.7 Å². The lowest BCUT2D eigenvalue weighted by molar-refractivity contribution is 0.336. The van der Waals surface area contributed by atoms with Crippen molar-refractivity contribution in [3.05, 3.63) is 53.0 Å². The van der Waals surface area contributed by atoms with Crippen LogP contribution in [0.2, 0.25) is 0 Å². The van der Waals surface area contributed by atoms with E-state index in [1.54, 1.807) is 7.05 Å². The van der Waals surface area contributed by atoms with Gasteiger partial charge < -0.3 is 19.8 Å². The normalized spacial score (nSPS) is 11.4. The molecule has 0 aliphatic carbocycles. The predicted octanol–water partition coefficient (Wildman–Crippen LogP) is 3.16. The van der Waals surface area contributed by atoms with Gasteiger partial charge in [-0.15, -0.1) is 0 Å². The summed E-state index contributed by atoms with van der Waals surface area (Å²) in [5.74, 6) is 3.51. The van der Waals surface area contributed by atoms with Gasteiger partial charge in [-0.25, -0.2) is 0 Å². The maximum atomic E-state index is 5.64. The molecule has 0 radical (unpaired) electrons. The van der Waals surface area contributed by atoms with E-state index < -0.39 is 0 Å². The van der Waals surface area contributed by atoms with Gasteiger partial charge in [0.15, 0.2) is 5.96 Å². The zero-order valence-electron chi connectivity index (χ0n) is 14.3. The van der Waals surface area contributed by atoms with Crippen LogP contribution in [0, 0.1) is 13.8 Å². The first-order valence-electron chi connectivity index (χ1n) is 7.85. The summed E-state index contributed by atoms with van der Waals surface area (Å²) in [4.78, 5) is 4.25. The van der Waals surface area contributed by atoms with Crippen LogP contribution in [0.5, 0.6) is 5.75 Å². The average molecular weight is 315 g/mol. The molecule has 0 fully saturated rings. The monoisotopic (exact) mass is 315 g/mol. The summed E-state index contributed by atoms with van der Waals surface area (Å²) in [6.07, 6.45) is 0. The van der Waals surface area contributed by atoms with Crippen LogP contribution < -0.4 is 15.4 Å². The third-order valence-electron chi connectivity index (χ3n) is 3.53. The van der Waals surface area contributed by atoms with Gasteiger partial charge in [-0.3, -0.25) is 4.99 Å². The molecule has 1 aromatic heterocycles. The minimum atomic E-state index is 0.652. The van der Waals surface area contributed by atoms with Gasteiger partial charge in [-0.1, -0.05) is 18.2 Å². The third-order valence-corrected chi connectivity index (χ3v) is 3.53. The molecule has 0 unspecified atom stereocenters. The van der Waals surface area contributed by atoms with Crippen LogP contribution in [0.3, 0.4) is 0 Å². The van der Waals surface area contributed by atoms with E-state index in [1.165, 1.54) is 0 Å². The van der Waals surface area contributed by atoms with E-state index in [0.717, 1.165) is 34.4 Å². The second-order valence-electron chi connectivity index (χ2n) is 5.26. The molecule has 5 heteroatoms. The molecule has 5 nitrogen and oxygen atoms in total. The van der Waals surface area contributed by atoms with Gasteiger partial charge in [0.1, 0.15) is 17.3 Å². The van der Waals surface area contributed by atoms with Crippen molar-refractivity contribution in [2.75, 3.05) is 13.7 Å². The van der Waals surface area contributed by atoms with Crippen LogP contribution in [-0.4, -0.2) is 19.6 Å². The average Bonchev–Trinajstić information content (AvgIpc) is 2.87. The van der Waals surface area contributed by atoms with Crippen molar-refractivity contribution < 1.29 is 9.15 Å². The number of furan rings is 1. The van der Waals surface area contributed by atoms with Crippen molar-refractivity contribution in [1.82, 2.24) is 10.6 Å². The first-order chi connectivity index (χ1) is 11.1. The Morgan fingerprint density at radius 3 is 2.43 bits per heavy atom. The first kappa shape index (κ1) is 16.9. The Labute approximate surface area is 137 Å². The predicted molar refractivity (Wildman–Crippen MR) is 92.8 cm³/mol. The number of benzene rings is 1. The highest BCUT2D eigenvalue weighted by molar-refractivity contribution is 5.79. The van der Waals surface area contributed by atoms with Crippen LogP contribution in [0.4, 0.5) is 0 Å². The highest BCUT2D eigenvalue weighted by Crippen LogP contribution is 2.17. The fourth-order valence-electron chi connectivity index (χ4n) is 2.38. The Balaban J connectivity index is 1.92. The number of hydrogen-bond acceptors (Lipinski definition) is 3. The highest BCUT2D eigenvalue weighted by atomic mass is 16.5. The number of ether oxygens (including phenoxy) is 1. The second kappa shape index (κ2) is 8.27. The first-order valence-corrected chi connectivity index (χ1v) is 7.85. The fourth-order valence-corrected chi connectivity index (χ4v) is 2.38. The topological polar surface area (TPSA) is 58.8 Å². The summed E-state index contributed by atoms with van der Waals surface area (Å²) in [5, 5.41) is 6.61. The molecule has 1 heterocycles. The molecule has 2 rings (SSSR count). The molecular formula is C18H25N3O2. The van der Waals surface area contributed by atoms with E-state index in [9.17, 15) is 0 Å². The minimum Gasteiger partial charge on any atom is -0.494 e. The molecule has 0 saturated heterocycles. The second-order valence-corrected chi connectivity index (χ2v) is 5.26. The van der Waals surface area contributed by atoms with Gasteiger partial charge in [0, 0.05) is 31.3 Å². The zero-order chi connectivity index (χ0) is 16.7. The maximum absolute atomic E-state index is 5.64. The van der Waals surface area contributed by atoms with E-state index in [4.69, 9.17) is 9.15 Å². The van der Waals surface area contributed by atoms with Gasteiger partial charge in [-0.05, 0) is 32.9 Å². The molecule has 0 bridgehead atoms. The molecule has 0 saturated carbocycles. The Hall–Kier alpha value is -2.43. The van der Waals surface area contributed by atoms with E-state index in [1.807, 2.05) is 45.0 Å². The molecule has 0 spiro atoms. The summed E-state index contributed by atoms with van der Waals surface area (Å²) < 4.78 is 11.2. The molecule has 0 aliphatic rings. The van der Waals surface area contributed by atoms with E-state index in [0.29, 0.717) is 19.7 Å². The van der Waals surface area contributed by atoms with Crippen molar-refractivity contribution in [1.29, 1.82) is 0 Å². The number of para-hydroxylation sites is 1. The summed E-state index contributed by atoms with van der Waals surface area (Å²) in [6, 6.07) is 10.1. The Kier molecular flexibility index (Phi) is 6.09. The van der Waals surface area contributed by atoms with Gasteiger partial charge in [-0.2, -0.15) is 0 Å².